The van der Waals surface area contributed by atoms with Crippen LogP contribution in [0.4, 0.5) is 15.8 Å². The third-order valence-corrected chi connectivity index (χ3v) is 5.76. The molecule has 2 bridgehead atoms. The molecule has 2 amide bonds. The van der Waals surface area contributed by atoms with Gasteiger partial charge in [-0.05, 0) is 67.5 Å². The monoisotopic (exact) mass is 367 g/mol. The van der Waals surface area contributed by atoms with Crippen LogP contribution in [0.1, 0.15) is 29.6 Å². The van der Waals surface area contributed by atoms with Crippen molar-refractivity contribution >= 4 is 23.2 Å². The van der Waals surface area contributed by atoms with E-state index in [1.807, 2.05) is 0 Å². The minimum atomic E-state index is -0.420. The molecule has 2 fully saturated rings. The van der Waals surface area contributed by atoms with Gasteiger partial charge >= 0.3 is 0 Å². The Hall–Kier alpha value is -2.73. The molecule has 140 valence electrons. The highest BCUT2D eigenvalue weighted by Crippen LogP contribution is 2.47. The first-order valence-corrected chi connectivity index (χ1v) is 9.24. The van der Waals surface area contributed by atoms with Gasteiger partial charge in [-0.2, -0.15) is 0 Å². The number of fused-ring (bicyclic) bond motifs is 2. The molecule has 2 aliphatic rings. The highest BCUT2D eigenvalue weighted by molar-refractivity contribution is 6.05. The predicted molar refractivity (Wildman–Crippen MR) is 102 cm³/mol. The summed E-state index contributed by atoms with van der Waals surface area (Å²) >= 11 is 0. The third kappa shape index (κ3) is 3.57. The number of carbonyl (C=O) groups excluding carboxylic acids is 2. The lowest BCUT2D eigenvalue weighted by Crippen LogP contribution is -2.42. The van der Waals surface area contributed by atoms with Crippen molar-refractivity contribution in [2.24, 2.45) is 23.5 Å². The number of rotatable bonds is 4. The fraction of sp³-hybridized carbons (Fsp3) is 0.333. The van der Waals surface area contributed by atoms with Crippen LogP contribution >= 0.6 is 0 Å². The van der Waals surface area contributed by atoms with Crippen LogP contribution in [0.2, 0.25) is 0 Å². The van der Waals surface area contributed by atoms with Crippen LogP contribution in [0.15, 0.2) is 48.5 Å². The van der Waals surface area contributed by atoms with Gasteiger partial charge in [-0.3, -0.25) is 9.59 Å². The highest BCUT2D eigenvalue weighted by Gasteiger charge is 2.49. The van der Waals surface area contributed by atoms with E-state index in [9.17, 15) is 14.0 Å². The van der Waals surface area contributed by atoms with Gasteiger partial charge in [-0.1, -0.05) is 12.1 Å². The summed E-state index contributed by atoms with van der Waals surface area (Å²) in [6.45, 7) is 0. The van der Waals surface area contributed by atoms with Crippen LogP contribution in [0.5, 0.6) is 0 Å². The number of anilines is 2. The van der Waals surface area contributed by atoms with E-state index in [1.165, 1.54) is 18.2 Å². The average molecular weight is 367 g/mol. The fourth-order valence-electron chi connectivity index (χ4n) is 4.46. The lowest BCUT2D eigenvalue weighted by Gasteiger charge is -2.27. The summed E-state index contributed by atoms with van der Waals surface area (Å²) in [6, 6.07) is 12.3. The summed E-state index contributed by atoms with van der Waals surface area (Å²) in [6.07, 6.45) is 3.22. The Morgan fingerprint density at radius 3 is 2.37 bits per heavy atom. The summed E-state index contributed by atoms with van der Waals surface area (Å²) in [5.74, 6) is -0.200. The molecule has 4 rings (SSSR count). The molecule has 6 heteroatoms. The quantitative estimate of drug-likeness (QED) is 0.774. The van der Waals surface area contributed by atoms with E-state index < -0.39 is 5.82 Å². The van der Waals surface area contributed by atoms with Gasteiger partial charge < -0.3 is 16.4 Å². The summed E-state index contributed by atoms with van der Waals surface area (Å²) in [5, 5.41) is 5.56. The number of nitrogens with two attached hydrogens (primary N) is 1. The van der Waals surface area contributed by atoms with E-state index >= 15 is 0 Å². The number of nitrogens with one attached hydrogen (secondary N) is 2. The zero-order valence-electron chi connectivity index (χ0n) is 14.8. The van der Waals surface area contributed by atoms with Crippen molar-refractivity contribution in [3.8, 4) is 0 Å². The molecule has 5 nitrogen and oxygen atoms in total. The van der Waals surface area contributed by atoms with Gasteiger partial charge in [0.15, 0.2) is 0 Å². The summed E-state index contributed by atoms with van der Waals surface area (Å²) in [4.78, 5) is 25.1. The second-order valence-electron chi connectivity index (χ2n) is 7.47. The zero-order valence-corrected chi connectivity index (χ0v) is 14.8. The molecule has 0 saturated heterocycles. The van der Waals surface area contributed by atoms with Gasteiger partial charge in [0, 0.05) is 23.0 Å². The van der Waals surface area contributed by atoms with Crippen LogP contribution in [0, 0.1) is 23.6 Å². The normalized spacial score (nSPS) is 26.0. The first-order valence-electron chi connectivity index (χ1n) is 9.24. The standard InChI is InChI=1S/C21H22FN3O2/c22-15-4-2-6-17(11-15)24-20(26)14-3-1-5-16(10-14)25-21(27)18-12-7-8-13(9-12)19(18)23/h1-6,10-13,18-19H,7-9,23H2,(H,24,26)(H,25,27). The van der Waals surface area contributed by atoms with Crippen LogP contribution < -0.4 is 16.4 Å². The molecular formula is C21H22FN3O2. The Morgan fingerprint density at radius 2 is 1.67 bits per heavy atom. The van der Waals surface area contributed by atoms with Gasteiger partial charge in [0.2, 0.25) is 5.91 Å². The number of hydrogen-bond donors (Lipinski definition) is 3. The Labute approximate surface area is 157 Å². The zero-order chi connectivity index (χ0) is 19.0. The highest BCUT2D eigenvalue weighted by atomic mass is 19.1. The minimum absolute atomic E-state index is 0.0719. The Bertz CT molecular complexity index is 883. The van der Waals surface area contributed by atoms with Crippen molar-refractivity contribution in [2.45, 2.75) is 25.3 Å². The fourth-order valence-corrected chi connectivity index (χ4v) is 4.46. The maximum absolute atomic E-state index is 13.3. The predicted octanol–water partition coefficient (Wildman–Crippen LogP) is 3.39. The van der Waals surface area contributed by atoms with Crippen molar-refractivity contribution in [1.82, 2.24) is 0 Å². The molecule has 2 saturated carbocycles. The minimum Gasteiger partial charge on any atom is -0.327 e. The maximum atomic E-state index is 13.3. The first-order chi connectivity index (χ1) is 13.0. The first kappa shape index (κ1) is 17.7. The molecule has 0 aliphatic heterocycles. The number of halogens is 1. The van der Waals surface area contributed by atoms with E-state index in [0.29, 0.717) is 28.8 Å². The molecule has 0 heterocycles. The third-order valence-electron chi connectivity index (χ3n) is 5.76. The van der Waals surface area contributed by atoms with E-state index in [0.717, 1.165) is 19.3 Å². The van der Waals surface area contributed by atoms with Gasteiger partial charge in [-0.25, -0.2) is 4.39 Å². The molecule has 2 aromatic rings. The second kappa shape index (κ2) is 7.12. The molecule has 0 radical (unpaired) electrons. The molecule has 0 aromatic heterocycles. The molecule has 4 N–H and O–H groups in total. The SMILES string of the molecule is NC1C2CCC(C2)C1C(=O)Nc1cccc(C(=O)Nc2cccc(F)c2)c1. The van der Waals surface area contributed by atoms with Crippen molar-refractivity contribution in [1.29, 1.82) is 0 Å². The molecule has 0 spiro atoms. The van der Waals surface area contributed by atoms with Gasteiger partial charge in [0.1, 0.15) is 5.82 Å². The molecule has 2 aromatic carbocycles. The molecule has 4 unspecified atom stereocenters. The lowest BCUT2D eigenvalue weighted by atomic mass is 9.84. The molecule has 2 aliphatic carbocycles. The maximum Gasteiger partial charge on any atom is 0.255 e. The Kier molecular flexibility index (Phi) is 4.66. The largest absolute Gasteiger partial charge is 0.327 e. The van der Waals surface area contributed by atoms with Crippen molar-refractivity contribution < 1.29 is 14.0 Å². The van der Waals surface area contributed by atoms with Gasteiger partial charge in [0.25, 0.3) is 5.91 Å². The smallest absolute Gasteiger partial charge is 0.255 e. The van der Waals surface area contributed by atoms with Crippen molar-refractivity contribution in [2.75, 3.05) is 10.6 Å². The lowest BCUT2D eigenvalue weighted by molar-refractivity contribution is -0.121. The van der Waals surface area contributed by atoms with E-state index in [1.54, 1.807) is 30.3 Å². The molecule has 27 heavy (non-hydrogen) atoms. The van der Waals surface area contributed by atoms with Crippen LogP contribution in [-0.2, 0) is 4.79 Å². The van der Waals surface area contributed by atoms with Crippen LogP contribution in [-0.4, -0.2) is 17.9 Å². The topological polar surface area (TPSA) is 84.2 Å². The van der Waals surface area contributed by atoms with Gasteiger partial charge in [0.05, 0.1) is 5.92 Å². The Balaban J connectivity index is 1.44. The van der Waals surface area contributed by atoms with E-state index in [4.69, 9.17) is 5.73 Å². The average Bonchev–Trinajstić information content (AvgIpc) is 3.23. The second-order valence-corrected chi connectivity index (χ2v) is 7.47. The molecular weight excluding hydrogens is 345 g/mol. The Morgan fingerprint density at radius 1 is 0.963 bits per heavy atom. The van der Waals surface area contributed by atoms with Crippen LogP contribution in [0.3, 0.4) is 0 Å². The number of benzene rings is 2. The summed E-state index contributed by atoms with van der Waals surface area (Å²) in [7, 11) is 0. The number of carbonyl (C=O) groups is 2. The number of amides is 2. The number of hydrogen-bond acceptors (Lipinski definition) is 3. The summed E-state index contributed by atoms with van der Waals surface area (Å²) < 4.78 is 13.3. The van der Waals surface area contributed by atoms with Crippen LogP contribution in [0.25, 0.3) is 0 Å². The molecule has 4 atom stereocenters. The van der Waals surface area contributed by atoms with E-state index in [-0.39, 0.29) is 23.8 Å². The van der Waals surface area contributed by atoms with Crippen molar-refractivity contribution in [3.63, 3.8) is 0 Å². The van der Waals surface area contributed by atoms with Crippen molar-refractivity contribution in [3.05, 3.63) is 59.9 Å². The van der Waals surface area contributed by atoms with Gasteiger partial charge in [-0.15, -0.1) is 0 Å². The van der Waals surface area contributed by atoms with E-state index in [2.05, 4.69) is 10.6 Å². The summed E-state index contributed by atoms with van der Waals surface area (Å²) in [5.41, 5.74) is 7.56.